The molecule has 23 heavy (non-hydrogen) atoms. The van der Waals surface area contributed by atoms with Crippen molar-refractivity contribution in [2.45, 2.75) is 20.3 Å². The van der Waals surface area contributed by atoms with Gasteiger partial charge in [0.05, 0.1) is 6.42 Å². The predicted molar refractivity (Wildman–Crippen MR) is 90.0 cm³/mol. The minimum Gasteiger partial charge on any atom is -0.426 e. The molecule has 2 aromatic rings. The summed E-state index contributed by atoms with van der Waals surface area (Å²) >= 11 is 5.85. The first-order valence-electron chi connectivity index (χ1n) is 7.27. The smallest absolute Gasteiger partial charge is 0.312 e. The second-order valence-corrected chi connectivity index (χ2v) is 5.70. The van der Waals surface area contributed by atoms with Crippen molar-refractivity contribution in [3.05, 3.63) is 64.2 Å². The van der Waals surface area contributed by atoms with Crippen molar-refractivity contribution < 1.29 is 14.3 Å². The number of rotatable bonds is 5. The molecule has 0 aliphatic heterocycles. The lowest BCUT2D eigenvalue weighted by Gasteiger charge is -2.08. The second-order valence-electron chi connectivity index (χ2n) is 5.26. The Balaban J connectivity index is 1.81. The summed E-state index contributed by atoms with van der Waals surface area (Å²) in [5.74, 6) is -0.131. The van der Waals surface area contributed by atoms with Crippen LogP contribution in [-0.4, -0.2) is 18.4 Å². The molecule has 0 heterocycles. The molecule has 1 N–H and O–H groups in total. The zero-order valence-electron chi connectivity index (χ0n) is 13.1. The Morgan fingerprint density at radius 1 is 1.13 bits per heavy atom. The Kier molecular flexibility index (Phi) is 5.77. The summed E-state index contributed by atoms with van der Waals surface area (Å²) in [5, 5.41) is 3.30. The van der Waals surface area contributed by atoms with E-state index >= 15 is 0 Å². The number of halogens is 1. The van der Waals surface area contributed by atoms with Crippen LogP contribution in [0.15, 0.2) is 42.5 Å². The van der Waals surface area contributed by atoms with Gasteiger partial charge in [0.25, 0.3) is 5.91 Å². The molecule has 120 valence electrons. The second kappa shape index (κ2) is 7.79. The molecule has 0 bridgehead atoms. The molecule has 0 atom stereocenters. The molecule has 0 saturated heterocycles. The van der Waals surface area contributed by atoms with Crippen molar-refractivity contribution in [2.75, 3.05) is 6.54 Å². The van der Waals surface area contributed by atoms with Gasteiger partial charge in [-0.05, 0) is 49.7 Å². The molecular weight excluding hydrogens is 314 g/mol. The van der Waals surface area contributed by atoms with E-state index in [1.165, 1.54) is 0 Å². The Bertz CT molecular complexity index is 728. The number of esters is 1. The maximum Gasteiger partial charge on any atom is 0.312 e. The monoisotopic (exact) mass is 331 g/mol. The van der Waals surface area contributed by atoms with Crippen LogP contribution in [0.3, 0.4) is 0 Å². The Morgan fingerprint density at radius 3 is 2.61 bits per heavy atom. The van der Waals surface area contributed by atoms with Gasteiger partial charge in [0.2, 0.25) is 0 Å². The highest BCUT2D eigenvalue weighted by molar-refractivity contribution is 6.30. The van der Waals surface area contributed by atoms with Crippen LogP contribution in [0.25, 0.3) is 0 Å². The number of carbonyl (C=O) groups is 2. The number of amides is 1. The van der Waals surface area contributed by atoms with Gasteiger partial charge in [0.15, 0.2) is 0 Å². The zero-order chi connectivity index (χ0) is 16.8. The van der Waals surface area contributed by atoms with Crippen molar-refractivity contribution in [3.63, 3.8) is 0 Å². The lowest BCUT2D eigenvalue weighted by Crippen LogP contribution is -2.27. The molecule has 2 rings (SSSR count). The fourth-order valence-electron chi connectivity index (χ4n) is 2.07. The average Bonchev–Trinajstić information content (AvgIpc) is 2.50. The molecule has 4 nitrogen and oxygen atoms in total. The number of hydrogen-bond donors (Lipinski definition) is 1. The fourth-order valence-corrected chi connectivity index (χ4v) is 2.29. The molecule has 1 amide bonds. The van der Waals surface area contributed by atoms with E-state index in [0.29, 0.717) is 16.3 Å². The molecule has 0 aliphatic carbocycles. The first-order valence-corrected chi connectivity index (χ1v) is 7.65. The zero-order valence-corrected chi connectivity index (χ0v) is 13.8. The third-order valence-electron chi connectivity index (χ3n) is 3.26. The van der Waals surface area contributed by atoms with Gasteiger partial charge in [-0.15, -0.1) is 0 Å². The normalized spacial score (nSPS) is 10.2. The number of nitrogens with one attached hydrogen (secondary N) is 1. The first-order chi connectivity index (χ1) is 11.0. The van der Waals surface area contributed by atoms with Crippen LogP contribution in [0.5, 0.6) is 5.75 Å². The van der Waals surface area contributed by atoms with Crippen LogP contribution in [0.4, 0.5) is 0 Å². The number of hydrogen-bond acceptors (Lipinski definition) is 3. The summed E-state index contributed by atoms with van der Waals surface area (Å²) in [6, 6.07) is 12.3. The van der Waals surface area contributed by atoms with E-state index in [1.807, 2.05) is 26.0 Å². The highest BCUT2D eigenvalue weighted by atomic mass is 35.5. The van der Waals surface area contributed by atoms with Crippen molar-refractivity contribution in [1.82, 2.24) is 5.32 Å². The van der Waals surface area contributed by atoms with Crippen molar-refractivity contribution >= 4 is 23.5 Å². The lowest BCUT2D eigenvalue weighted by molar-refractivity contribution is -0.134. The van der Waals surface area contributed by atoms with Crippen LogP contribution in [0, 0.1) is 13.8 Å². The van der Waals surface area contributed by atoms with Crippen LogP contribution in [0.2, 0.25) is 5.02 Å². The Hall–Kier alpha value is -2.33. The van der Waals surface area contributed by atoms with Crippen LogP contribution in [-0.2, 0) is 4.79 Å². The lowest BCUT2D eigenvalue weighted by atomic mass is 10.1. The van der Waals surface area contributed by atoms with Crippen LogP contribution in [0.1, 0.15) is 27.9 Å². The maximum absolute atomic E-state index is 12.0. The van der Waals surface area contributed by atoms with E-state index in [-0.39, 0.29) is 18.9 Å². The van der Waals surface area contributed by atoms with Gasteiger partial charge in [-0.2, -0.15) is 0 Å². The SMILES string of the molecule is Cc1cccc(C(=O)NCCC(=O)Oc2ccc(Cl)cc2C)c1. The van der Waals surface area contributed by atoms with Crippen molar-refractivity contribution in [3.8, 4) is 5.75 Å². The number of aryl methyl sites for hydroxylation is 2. The van der Waals surface area contributed by atoms with Gasteiger partial charge in [-0.1, -0.05) is 29.3 Å². The van der Waals surface area contributed by atoms with Crippen molar-refractivity contribution in [1.29, 1.82) is 0 Å². The standard InChI is InChI=1S/C18H18ClNO3/c1-12-4-3-5-14(10-12)18(22)20-9-8-17(21)23-16-7-6-15(19)11-13(16)2/h3-7,10-11H,8-9H2,1-2H3,(H,20,22). The highest BCUT2D eigenvalue weighted by Crippen LogP contribution is 2.22. The fraction of sp³-hybridized carbons (Fsp3) is 0.222. The Labute approximate surface area is 140 Å². The first kappa shape index (κ1) is 17.0. The minimum atomic E-state index is -0.403. The summed E-state index contributed by atoms with van der Waals surface area (Å²) in [4.78, 5) is 23.8. The van der Waals surface area contributed by atoms with E-state index in [1.54, 1.807) is 30.3 Å². The topological polar surface area (TPSA) is 55.4 Å². The molecule has 0 saturated carbocycles. The van der Waals surface area contributed by atoms with Gasteiger partial charge < -0.3 is 10.1 Å². The molecular formula is C18H18ClNO3. The number of carbonyl (C=O) groups excluding carboxylic acids is 2. The van der Waals surface area contributed by atoms with Gasteiger partial charge in [0, 0.05) is 17.1 Å². The summed E-state index contributed by atoms with van der Waals surface area (Å²) in [6.07, 6.45) is 0.0968. The van der Waals surface area contributed by atoms with E-state index in [0.717, 1.165) is 11.1 Å². The third-order valence-corrected chi connectivity index (χ3v) is 3.49. The van der Waals surface area contributed by atoms with Gasteiger partial charge in [-0.25, -0.2) is 0 Å². The van der Waals surface area contributed by atoms with Gasteiger partial charge in [-0.3, -0.25) is 9.59 Å². The van der Waals surface area contributed by atoms with Gasteiger partial charge in [0.1, 0.15) is 5.75 Å². The summed E-state index contributed by atoms with van der Waals surface area (Å²) in [7, 11) is 0. The highest BCUT2D eigenvalue weighted by Gasteiger charge is 2.10. The van der Waals surface area contributed by atoms with Crippen LogP contribution < -0.4 is 10.1 Å². The summed E-state index contributed by atoms with van der Waals surface area (Å²) in [6.45, 7) is 3.95. The minimum absolute atomic E-state index is 0.0968. The quantitative estimate of drug-likeness (QED) is 0.671. The third kappa shape index (κ3) is 5.11. The Morgan fingerprint density at radius 2 is 1.91 bits per heavy atom. The maximum atomic E-state index is 12.0. The summed E-state index contributed by atoms with van der Waals surface area (Å²) in [5.41, 5.74) is 2.37. The van der Waals surface area contributed by atoms with E-state index in [4.69, 9.17) is 16.3 Å². The van der Waals surface area contributed by atoms with E-state index in [9.17, 15) is 9.59 Å². The van der Waals surface area contributed by atoms with E-state index < -0.39 is 5.97 Å². The van der Waals surface area contributed by atoms with Crippen molar-refractivity contribution in [2.24, 2.45) is 0 Å². The molecule has 5 heteroatoms. The number of ether oxygens (including phenoxy) is 1. The molecule has 0 fully saturated rings. The van der Waals surface area contributed by atoms with Crippen LogP contribution >= 0.6 is 11.6 Å². The molecule has 0 radical (unpaired) electrons. The molecule has 0 unspecified atom stereocenters. The molecule has 0 aliphatic rings. The molecule has 0 spiro atoms. The summed E-state index contributed by atoms with van der Waals surface area (Å²) < 4.78 is 5.26. The molecule has 2 aromatic carbocycles. The van der Waals surface area contributed by atoms with E-state index in [2.05, 4.69) is 5.32 Å². The number of benzene rings is 2. The largest absolute Gasteiger partial charge is 0.426 e. The molecule has 0 aromatic heterocycles. The van der Waals surface area contributed by atoms with Gasteiger partial charge >= 0.3 is 5.97 Å². The predicted octanol–water partition coefficient (Wildman–Crippen LogP) is 3.68. The average molecular weight is 332 g/mol.